The van der Waals surface area contributed by atoms with E-state index in [4.69, 9.17) is 9.73 Å². The highest BCUT2D eigenvalue weighted by Crippen LogP contribution is 2.12. The number of hydrogen-bond acceptors (Lipinski definition) is 4. The van der Waals surface area contributed by atoms with Crippen LogP contribution in [0.4, 0.5) is 4.79 Å². The van der Waals surface area contributed by atoms with Crippen LogP contribution in [0.2, 0.25) is 0 Å². The lowest BCUT2D eigenvalue weighted by molar-refractivity contribution is 0.0231. The third-order valence-corrected chi connectivity index (χ3v) is 4.82. The van der Waals surface area contributed by atoms with Gasteiger partial charge in [-0.15, -0.1) is 30.6 Å². The number of ether oxygens (including phenoxy) is 1. The zero-order chi connectivity index (χ0) is 21.2. The quantitative estimate of drug-likeness (QED) is 0.221. The highest BCUT2D eigenvalue weighted by atomic mass is 127. The zero-order valence-corrected chi connectivity index (χ0v) is 21.5. The zero-order valence-electron chi connectivity index (χ0n) is 19.2. The van der Waals surface area contributed by atoms with E-state index in [2.05, 4.69) is 29.0 Å². The molecular formula is C21H42IN5O2. The number of nitrogens with zero attached hydrogens (tertiary/aromatic N) is 3. The number of hydrogen-bond donors (Lipinski definition) is 2. The molecule has 0 spiro atoms. The van der Waals surface area contributed by atoms with Crippen molar-refractivity contribution in [3.8, 4) is 0 Å². The highest BCUT2D eigenvalue weighted by Gasteiger charge is 2.23. The molecule has 0 radical (unpaired) electrons. The first-order valence-corrected chi connectivity index (χ1v) is 10.5. The lowest BCUT2D eigenvalue weighted by atomic mass is 10.1. The summed E-state index contributed by atoms with van der Waals surface area (Å²) in [4.78, 5) is 20.9. The summed E-state index contributed by atoms with van der Waals surface area (Å²) in [7, 11) is 1.78. The number of piperidine rings is 1. The minimum absolute atomic E-state index is 0. The smallest absolute Gasteiger partial charge is 0.410 e. The van der Waals surface area contributed by atoms with Crippen LogP contribution >= 0.6 is 24.0 Å². The predicted octanol–water partition coefficient (Wildman–Crippen LogP) is 3.46. The number of carbonyl (C=O) groups is 1. The van der Waals surface area contributed by atoms with Gasteiger partial charge < -0.3 is 20.3 Å². The van der Waals surface area contributed by atoms with Crippen molar-refractivity contribution in [1.29, 1.82) is 0 Å². The normalized spacial score (nSPS) is 17.1. The molecule has 29 heavy (non-hydrogen) atoms. The Hall–Kier alpha value is -1.03. The van der Waals surface area contributed by atoms with E-state index in [-0.39, 0.29) is 36.1 Å². The van der Waals surface area contributed by atoms with Gasteiger partial charge in [0.1, 0.15) is 5.60 Å². The van der Waals surface area contributed by atoms with Gasteiger partial charge in [0, 0.05) is 51.9 Å². The van der Waals surface area contributed by atoms with E-state index in [1.807, 2.05) is 33.8 Å². The van der Waals surface area contributed by atoms with Crippen molar-refractivity contribution in [3.05, 3.63) is 12.7 Å². The second-order valence-corrected chi connectivity index (χ2v) is 8.50. The van der Waals surface area contributed by atoms with Crippen LogP contribution in [0.5, 0.6) is 0 Å². The molecule has 1 unspecified atom stereocenters. The molecule has 0 aromatic carbocycles. The van der Waals surface area contributed by atoms with Gasteiger partial charge in [-0.1, -0.05) is 6.08 Å². The molecule has 1 fully saturated rings. The molecule has 0 aromatic heterocycles. The molecule has 1 saturated heterocycles. The molecule has 1 aliphatic rings. The van der Waals surface area contributed by atoms with Crippen molar-refractivity contribution in [2.24, 2.45) is 4.99 Å². The Morgan fingerprint density at radius 1 is 1.38 bits per heavy atom. The Morgan fingerprint density at radius 2 is 2.00 bits per heavy atom. The van der Waals surface area contributed by atoms with Crippen molar-refractivity contribution >= 4 is 36.0 Å². The molecule has 0 aromatic rings. The lowest BCUT2D eigenvalue weighted by Gasteiger charge is -2.32. The maximum absolute atomic E-state index is 12.2. The van der Waals surface area contributed by atoms with E-state index in [9.17, 15) is 4.79 Å². The monoisotopic (exact) mass is 523 g/mol. The summed E-state index contributed by atoms with van der Waals surface area (Å²) < 4.78 is 5.43. The van der Waals surface area contributed by atoms with E-state index in [0.717, 1.165) is 51.4 Å². The number of carbonyl (C=O) groups excluding carboxylic acids is 1. The van der Waals surface area contributed by atoms with Crippen LogP contribution in [0, 0.1) is 0 Å². The molecule has 1 rings (SSSR count). The number of halogens is 1. The van der Waals surface area contributed by atoms with Gasteiger partial charge in [0.15, 0.2) is 5.96 Å². The molecule has 1 atom stereocenters. The minimum Gasteiger partial charge on any atom is -0.444 e. The Morgan fingerprint density at radius 3 is 2.52 bits per heavy atom. The van der Waals surface area contributed by atoms with Gasteiger partial charge in [0.05, 0.1) is 0 Å². The molecule has 1 aliphatic heterocycles. The van der Waals surface area contributed by atoms with Crippen LogP contribution in [0.15, 0.2) is 17.6 Å². The Kier molecular flexibility index (Phi) is 13.6. The van der Waals surface area contributed by atoms with E-state index in [1.54, 1.807) is 11.9 Å². The minimum atomic E-state index is -0.480. The summed E-state index contributed by atoms with van der Waals surface area (Å²) in [6.45, 7) is 18.2. The van der Waals surface area contributed by atoms with E-state index in [1.165, 1.54) is 0 Å². The van der Waals surface area contributed by atoms with E-state index >= 15 is 0 Å². The second-order valence-electron chi connectivity index (χ2n) is 8.50. The van der Waals surface area contributed by atoms with Crippen LogP contribution < -0.4 is 10.6 Å². The Bertz CT molecular complexity index is 514. The average molecular weight is 524 g/mol. The van der Waals surface area contributed by atoms with Crippen molar-refractivity contribution in [1.82, 2.24) is 20.4 Å². The average Bonchev–Trinajstić information content (AvgIpc) is 2.61. The van der Waals surface area contributed by atoms with Crippen LogP contribution in [-0.2, 0) is 4.74 Å². The fourth-order valence-corrected chi connectivity index (χ4v) is 3.03. The van der Waals surface area contributed by atoms with Crippen LogP contribution in [0.3, 0.4) is 0 Å². The maximum atomic E-state index is 12.2. The van der Waals surface area contributed by atoms with Gasteiger partial charge >= 0.3 is 6.09 Å². The molecule has 2 N–H and O–H groups in total. The first-order valence-electron chi connectivity index (χ1n) is 10.5. The summed E-state index contributed by atoms with van der Waals surface area (Å²) >= 11 is 0. The van der Waals surface area contributed by atoms with Crippen LogP contribution in [-0.4, -0.2) is 79.3 Å². The SMILES string of the molecule is C=CCN1CCC(NC(=NCCC(C)N(C)C(=O)OC(C)(C)C)NCC)CC1.I. The van der Waals surface area contributed by atoms with Crippen molar-refractivity contribution in [2.75, 3.05) is 39.8 Å². The summed E-state index contributed by atoms with van der Waals surface area (Å²) in [6.07, 6.45) is 4.67. The van der Waals surface area contributed by atoms with Gasteiger partial charge in [0.25, 0.3) is 0 Å². The Labute approximate surface area is 194 Å². The topological polar surface area (TPSA) is 69.2 Å². The fraction of sp³-hybridized carbons (Fsp3) is 0.810. The molecule has 0 aliphatic carbocycles. The lowest BCUT2D eigenvalue weighted by Crippen LogP contribution is -2.48. The molecular weight excluding hydrogens is 481 g/mol. The standard InChI is InChI=1S/C21H41N5O2.HI/c1-8-14-26-15-11-18(12-16-26)24-19(22-9-2)23-13-10-17(3)25(7)20(27)28-21(4,5)6;/h8,17-18H,1,9-16H2,2-7H3,(H2,22,23,24);1H. The molecule has 7 nitrogen and oxygen atoms in total. The van der Waals surface area contributed by atoms with Gasteiger partial charge in [-0.3, -0.25) is 9.89 Å². The number of likely N-dealkylation sites (tertiary alicyclic amines) is 1. The summed E-state index contributed by atoms with van der Waals surface area (Å²) in [6, 6.07) is 0.504. The highest BCUT2D eigenvalue weighted by molar-refractivity contribution is 14.0. The predicted molar refractivity (Wildman–Crippen MR) is 132 cm³/mol. The number of guanidine groups is 1. The number of rotatable bonds is 8. The third kappa shape index (κ3) is 11.7. The summed E-state index contributed by atoms with van der Waals surface area (Å²) in [5.74, 6) is 0.858. The number of amides is 1. The molecule has 0 saturated carbocycles. The Balaban J connectivity index is 0.00000784. The van der Waals surface area contributed by atoms with Gasteiger partial charge in [-0.25, -0.2) is 4.79 Å². The molecule has 170 valence electrons. The van der Waals surface area contributed by atoms with Gasteiger partial charge in [-0.05, 0) is 53.9 Å². The van der Waals surface area contributed by atoms with Gasteiger partial charge in [0.2, 0.25) is 0 Å². The first kappa shape index (κ1) is 28.0. The van der Waals surface area contributed by atoms with E-state index < -0.39 is 5.60 Å². The third-order valence-electron chi connectivity index (χ3n) is 4.82. The van der Waals surface area contributed by atoms with Crippen LogP contribution in [0.1, 0.15) is 53.9 Å². The molecule has 0 bridgehead atoms. The maximum Gasteiger partial charge on any atom is 0.410 e. The fourth-order valence-electron chi connectivity index (χ4n) is 3.03. The van der Waals surface area contributed by atoms with Crippen molar-refractivity contribution < 1.29 is 9.53 Å². The first-order chi connectivity index (χ1) is 13.2. The second kappa shape index (κ2) is 14.1. The van der Waals surface area contributed by atoms with Crippen LogP contribution in [0.25, 0.3) is 0 Å². The molecule has 1 amide bonds. The largest absolute Gasteiger partial charge is 0.444 e. The summed E-state index contributed by atoms with van der Waals surface area (Å²) in [5.41, 5.74) is -0.480. The summed E-state index contributed by atoms with van der Waals surface area (Å²) in [5, 5.41) is 6.88. The molecule has 1 heterocycles. The van der Waals surface area contributed by atoms with Crippen molar-refractivity contribution in [3.63, 3.8) is 0 Å². The van der Waals surface area contributed by atoms with Gasteiger partial charge in [-0.2, -0.15) is 0 Å². The number of nitrogens with one attached hydrogen (secondary N) is 2. The van der Waals surface area contributed by atoms with Crippen molar-refractivity contribution in [2.45, 2.75) is 71.6 Å². The molecule has 8 heteroatoms. The number of aliphatic imine (C=N–C) groups is 1. The van der Waals surface area contributed by atoms with E-state index in [0.29, 0.717) is 12.6 Å².